The van der Waals surface area contributed by atoms with E-state index in [0.717, 1.165) is 31.9 Å². The average Bonchev–Trinajstić information content (AvgIpc) is 3.22. The number of piperazine rings is 1. The average molecular weight is 467 g/mol. The van der Waals surface area contributed by atoms with E-state index >= 15 is 0 Å². The zero-order valence-electron chi connectivity index (χ0n) is 18.8. The van der Waals surface area contributed by atoms with Crippen molar-refractivity contribution in [3.8, 4) is 11.8 Å². The van der Waals surface area contributed by atoms with Gasteiger partial charge in [0, 0.05) is 44.6 Å². The van der Waals surface area contributed by atoms with Gasteiger partial charge in [-0.2, -0.15) is 10.4 Å². The fourth-order valence-electron chi connectivity index (χ4n) is 3.94. The van der Waals surface area contributed by atoms with Crippen molar-refractivity contribution in [3.63, 3.8) is 0 Å². The highest BCUT2D eigenvalue weighted by Gasteiger charge is 2.20. The molecule has 1 aliphatic rings. The Kier molecular flexibility index (Phi) is 7.96. The Morgan fingerprint density at radius 2 is 1.88 bits per heavy atom. The lowest BCUT2D eigenvalue weighted by molar-refractivity contribution is 0.102. The van der Waals surface area contributed by atoms with E-state index < -0.39 is 0 Å². The molecule has 1 fully saturated rings. The molecule has 4 N–H and O–H groups in total. The van der Waals surface area contributed by atoms with Crippen LogP contribution < -0.4 is 10.2 Å². The van der Waals surface area contributed by atoms with E-state index in [0.29, 0.717) is 34.7 Å². The Hall–Kier alpha value is -3.78. The van der Waals surface area contributed by atoms with Crippen molar-refractivity contribution in [2.45, 2.75) is 6.92 Å². The molecule has 2 heterocycles. The molecule has 1 aromatic heterocycles. The molecule has 0 spiro atoms. The van der Waals surface area contributed by atoms with Crippen molar-refractivity contribution in [1.29, 1.82) is 5.26 Å². The maximum absolute atomic E-state index is 13.2. The molecule has 3 aromatic rings. The first-order chi connectivity index (χ1) is 16.0. The predicted molar refractivity (Wildman–Crippen MR) is 127 cm³/mol. The largest absolute Gasteiger partial charge is 0.412 e. The number of hydrogen-bond acceptors (Lipinski definition) is 6. The number of nitrogens with one attached hydrogen (secondary N) is 1. The summed E-state index contributed by atoms with van der Waals surface area (Å²) in [5, 5.41) is 26.0. The van der Waals surface area contributed by atoms with E-state index in [1.165, 1.54) is 16.8 Å². The first-order valence-corrected chi connectivity index (χ1v) is 10.7. The molecule has 9 nitrogen and oxygen atoms in total. The number of rotatable bonds is 6. The molecular formula is C24H27FN6O3. The van der Waals surface area contributed by atoms with Crippen molar-refractivity contribution in [2.24, 2.45) is 0 Å². The number of aliphatic hydroxyl groups is 1. The quantitative estimate of drug-likeness (QED) is 0.569. The number of nitriles is 1. The van der Waals surface area contributed by atoms with Crippen molar-refractivity contribution in [1.82, 2.24) is 14.7 Å². The first-order valence-electron chi connectivity index (χ1n) is 10.7. The lowest BCUT2D eigenvalue weighted by Gasteiger charge is -2.36. The van der Waals surface area contributed by atoms with Crippen molar-refractivity contribution in [2.75, 3.05) is 49.5 Å². The summed E-state index contributed by atoms with van der Waals surface area (Å²) in [4.78, 5) is 17.2. The minimum absolute atomic E-state index is 0. The Morgan fingerprint density at radius 3 is 2.53 bits per heavy atom. The minimum Gasteiger partial charge on any atom is -0.412 e. The van der Waals surface area contributed by atoms with Crippen LogP contribution in [-0.2, 0) is 0 Å². The van der Waals surface area contributed by atoms with E-state index in [9.17, 15) is 14.4 Å². The highest BCUT2D eigenvalue weighted by molar-refractivity contribution is 6.05. The molecule has 0 saturated carbocycles. The van der Waals surface area contributed by atoms with Crippen LogP contribution in [0, 0.1) is 24.1 Å². The Bertz CT molecular complexity index is 1180. The normalized spacial score (nSPS) is 13.8. The number of nitrogens with zero attached hydrogens (tertiary/aromatic N) is 5. The number of carbonyl (C=O) groups excluding carboxylic acids is 1. The molecule has 0 radical (unpaired) electrons. The summed E-state index contributed by atoms with van der Waals surface area (Å²) in [6.07, 6.45) is 1.60. The van der Waals surface area contributed by atoms with Gasteiger partial charge in [-0.15, -0.1) is 0 Å². The molecule has 0 unspecified atom stereocenters. The van der Waals surface area contributed by atoms with Crippen LogP contribution in [0.1, 0.15) is 21.6 Å². The molecule has 2 aromatic carbocycles. The third-order valence-electron chi connectivity index (χ3n) is 5.74. The standard InChI is InChI=1S/C24H25FN6O2.H2O/c1-17-22(16-31(28-17)21-5-2-19(25)3-6-21)24(33)27-20-4-7-23(18(14-20)15-26)30-10-8-29(9-11-30)12-13-32;/h2-7,14,16,32H,8-13H2,1H3,(H,27,33);1H2. The number of amides is 1. The van der Waals surface area contributed by atoms with Gasteiger partial charge in [0.2, 0.25) is 0 Å². The van der Waals surface area contributed by atoms with Gasteiger partial charge in [0.05, 0.1) is 34.8 Å². The third-order valence-corrected chi connectivity index (χ3v) is 5.74. The number of hydrogen-bond donors (Lipinski definition) is 2. The number of carbonyl (C=O) groups is 1. The molecule has 0 atom stereocenters. The number of aryl methyl sites for hydroxylation is 1. The summed E-state index contributed by atoms with van der Waals surface area (Å²) in [5.41, 5.74) is 3.42. The van der Waals surface area contributed by atoms with Crippen LogP contribution in [0.25, 0.3) is 5.69 Å². The number of aromatic nitrogens is 2. The van der Waals surface area contributed by atoms with Crippen LogP contribution in [0.3, 0.4) is 0 Å². The van der Waals surface area contributed by atoms with Crippen LogP contribution in [0.15, 0.2) is 48.7 Å². The number of aliphatic hydroxyl groups excluding tert-OH is 1. The molecule has 34 heavy (non-hydrogen) atoms. The molecule has 0 aliphatic carbocycles. The van der Waals surface area contributed by atoms with Crippen LogP contribution in [-0.4, -0.2) is 70.5 Å². The SMILES string of the molecule is Cc1nn(-c2ccc(F)cc2)cc1C(=O)Nc1ccc(N2CCN(CCO)CC2)c(C#N)c1.O. The molecule has 178 valence electrons. The van der Waals surface area contributed by atoms with Crippen molar-refractivity contribution >= 4 is 17.3 Å². The zero-order chi connectivity index (χ0) is 23.4. The highest BCUT2D eigenvalue weighted by atomic mass is 19.1. The van der Waals surface area contributed by atoms with Crippen molar-refractivity contribution < 1.29 is 19.8 Å². The fraction of sp³-hybridized carbons (Fsp3) is 0.292. The van der Waals surface area contributed by atoms with Gasteiger partial charge in [0.1, 0.15) is 11.9 Å². The maximum Gasteiger partial charge on any atom is 0.259 e. The minimum atomic E-state index is -0.343. The number of halogens is 1. The van der Waals surface area contributed by atoms with Crippen LogP contribution in [0.5, 0.6) is 0 Å². The Morgan fingerprint density at radius 1 is 1.18 bits per heavy atom. The van der Waals surface area contributed by atoms with Gasteiger partial charge in [0.25, 0.3) is 5.91 Å². The molecule has 10 heteroatoms. The summed E-state index contributed by atoms with van der Waals surface area (Å²) in [6, 6.07) is 13.4. The number of anilines is 2. The zero-order valence-corrected chi connectivity index (χ0v) is 18.8. The van der Waals surface area contributed by atoms with Gasteiger partial charge in [0.15, 0.2) is 0 Å². The molecule has 0 bridgehead atoms. The van der Waals surface area contributed by atoms with Gasteiger partial charge in [-0.25, -0.2) is 9.07 Å². The van der Waals surface area contributed by atoms with E-state index in [4.69, 9.17) is 5.11 Å². The van der Waals surface area contributed by atoms with Gasteiger partial charge >= 0.3 is 0 Å². The summed E-state index contributed by atoms with van der Waals surface area (Å²) in [5.74, 6) is -0.681. The Labute approximate surface area is 196 Å². The monoisotopic (exact) mass is 466 g/mol. The van der Waals surface area contributed by atoms with Gasteiger partial charge in [-0.05, 0) is 49.4 Å². The second-order valence-electron chi connectivity index (χ2n) is 7.90. The summed E-state index contributed by atoms with van der Waals surface area (Å²) in [7, 11) is 0. The van der Waals surface area contributed by atoms with Crippen LogP contribution in [0.4, 0.5) is 15.8 Å². The summed E-state index contributed by atoms with van der Waals surface area (Å²) in [6.45, 7) is 5.70. The molecule has 1 saturated heterocycles. The summed E-state index contributed by atoms with van der Waals surface area (Å²) < 4.78 is 14.7. The second kappa shape index (κ2) is 10.9. The third kappa shape index (κ3) is 5.40. The highest BCUT2D eigenvalue weighted by Crippen LogP contribution is 2.25. The smallest absolute Gasteiger partial charge is 0.259 e. The van der Waals surface area contributed by atoms with E-state index in [-0.39, 0.29) is 23.8 Å². The van der Waals surface area contributed by atoms with E-state index in [1.54, 1.807) is 37.4 Å². The topological polar surface area (TPSA) is 129 Å². The van der Waals surface area contributed by atoms with Crippen molar-refractivity contribution in [3.05, 3.63) is 71.3 Å². The van der Waals surface area contributed by atoms with E-state index in [1.807, 2.05) is 6.07 Å². The fourth-order valence-corrected chi connectivity index (χ4v) is 3.94. The van der Waals surface area contributed by atoms with Gasteiger partial charge < -0.3 is 20.8 Å². The summed E-state index contributed by atoms with van der Waals surface area (Å²) >= 11 is 0. The molecule has 4 rings (SSSR count). The lowest BCUT2D eigenvalue weighted by Crippen LogP contribution is -2.47. The van der Waals surface area contributed by atoms with Gasteiger partial charge in [-0.3, -0.25) is 9.69 Å². The first kappa shape index (κ1) is 24.9. The maximum atomic E-state index is 13.2. The van der Waals surface area contributed by atoms with Gasteiger partial charge in [-0.1, -0.05) is 0 Å². The Balaban J connectivity index is 0.00000324. The van der Waals surface area contributed by atoms with E-state index in [2.05, 4.69) is 26.3 Å². The van der Waals surface area contributed by atoms with Crippen LogP contribution in [0.2, 0.25) is 0 Å². The number of benzene rings is 2. The van der Waals surface area contributed by atoms with Crippen LogP contribution >= 0.6 is 0 Å². The number of β-amino-alcohol motifs (C(OH)–C–C–N with tert-alkyl or cyclic N) is 1. The lowest BCUT2D eigenvalue weighted by atomic mass is 10.1. The molecule has 1 aliphatic heterocycles. The molecule has 1 amide bonds. The molecular weight excluding hydrogens is 439 g/mol. The predicted octanol–water partition coefficient (Wildman–Crippen LogP) is 1.73. The second-order valence-corrected chi connectivity index (χ2v) is 7.90.